The van der Waals surface area contributed by atoms with Gasteiger partial charge in [0.25, 0.3) is 0 Å². The molecule has 3 rings (SSSR count). The number of benzene rings is 1. The van der Waals surface area contributed by atoms with E-state index < -0.39 is 15.6 Å². The summed E-state index contributed by atoms with van der Waals surface area (Å²) in [7, 11) is -1.99. The Bertz CT molecular complexity index is 743. The van der Waals surface area contributed by atoms with Crippen LogP contribution >= 0.6 is 0 Å². The first-order valence-electron chi connectivity index (χ1n) is 9.22. The Morgan fingerprint density at radius 1 is 1.27 bits per heavy atom. The summed E-state index contributed by atoms with van der Waals surface area (Å²) < 4.78 is 34.0. The van der Waals surface area contributed by atoms with Crippen LogP contribution in [0.15, 0.2) is 29.2 Å². The fourth-order valence-corrected chi connectivity index (χ4v) is 5.07. The summed E-state index contributed by atoms with van der Waals surface area (Å²) >= 11 is 0. The van der Waals surface area contributed by atoms with Gasteiger partial charge in [-0.2, -0.15) is 5.26 Å². The minimum atomic E-state index is -3.64. The zero-order chi connectivity index (χ0) is 18.6. The van der Waals surface area contributed by atoms with Gasteiger partial charge in [-0.15, -0.1) is 0 Å². The molecule has 0 bridgehead atoms. The number of piperidine rings is 1. The van der Waals surface area contributed by atoms with Crippen LogP contribution in [0.1, 0.15) is 37.7 Å². The van der Waals surface area contributed by atoms with E-state index in [4.69, 9.17) is 10.00 Å². The van der Waals surface area contributed by atoms with Crippen LogP contribution in [-0.2, 0) is 14.8 Å². The zero-order valence-corrected chi connectivity index (χ0v) is 16.1. The number of sulfonamides is 1. The molecule has 1 aliphatic carbocycles. The Morgan fingerprint density at radius 3 is 2.46 bits per heavy atom. The fraction of sp³-hybridized carbons (Fsp3) is 0.632. The fourth-order valence-electron chi connectivity index (χ4n) is 3.58. The van der Waals surface area contributed by atoms with Gasteiger partial charge in [0.05, 0.1) is 16.5 Å². The Balaban J connectivity index is 1.71. The molecule has 2 aliphatic rings. The van der Waals surface area contributed by atoms with Crippen LogP contribution in [0, 0.1) is 17.2 Å². The van der Waals surface area contributed by atoms with Crippen LogP contribution in [0.5, 0.6) is 0 Å². The lowest BCUT2D eigenvalue weighted by atomic mass is 9.85. The molecule has 0 spiro atoms. The normalized spacial score (nSPS) is 20.6. The monoisotopic (exact) mass is 377 g/mol. The number of rotatable bonds is 8. The molecule has 1 saturated carbocycles. The molecule has 1 aromatic carbocycles. The van der Waals surface area contributed by atoms with Gasteiger partial charge in [0.1, 0.15) is 0 Å². The van der Waals surface area contributed by atoms with Gasteiger partial charge >= 0.3 is 0 Å². The lowest BCUT2D eigenvalue weighted by Crippen LogP contribution is -2.55. The van der Waals surface area contributed by atoms with E-state index in [2.05, 4.69) is 9.62 Å². The van der Waals surface area contributed by atoms with E-state index in [-0.39, 0.29) is 4.90 Å². The number of nitrogens with zero attached hydrogens (tertiary/aromatic N) is 2. The number of hydrogen-bond donors (Lipinski definition) is 1. The topological polar surface area (TPSA) is 82.4 Å². The molecule has 1 N–H and O–H groups in total. The van der Waals surface area contributed by atoms with Gasteiger partial charge in [0.2, 0.25) is 10.0 Å². The summed E-state index contributed by atoms with van der Waals surface area (Å²) in [4.78, 5) is 2.66. The van der Waals surface area contributed by atoms with Gasteiger partial charge in [-0.05, 0) is 75.4 Å². The van der Waals surface area contributed by atoms with Crippen LogP contribution in [0.25, 0.3) is 0 Å². The second kappa shape index (κ2) is 8.05. The highest BCUT2D eigenvalue weighted by Crippen LogP contribution is 2.33. The van der Waals surface area contributed by atoms with E-state index >= 15 is 0 Å². The first kappa shape index (κ1) is 19.3. The van der Waals surface area contributed by atoms with Gasteiger partial charge in [0.15, 0.2) is 0 Å². The Labute approximate surface area is 156 Å². The largest absolute Gasteiger partial charge is 0.385 e. The number of likely N-dealkylation sites (tertiary alicyclic amines) is 1. The van der Waals surface area contributed by atoms with Crippen molar-refractivity contribution in [2.45, 2.75) is 42.5 Å². The number of nitriles is 1. The second-order valence-corrected chi connectivity index (χ2v) is 9.19. The number of methoxy groups -OCH3 is 1. The van der Waals surface area contributed by atoms with Crippen LogP contribution in [0.2, 0.25) is 0 Å². The smallest absolute Gasteiger partial charge is 0.241 e. The molecule has 0 unspecified atom stereocenters. The minimum Gasteiger partial charge on any atom is -0.385 e. The van der Waals surface area contributed by atoms with Gasteiger partial charge in [-0.1, -0.05) is 0 Å². The number of hydrogen-bond acceptors (Lipinski definition) is 5. The quantitative estimate of drug-likeness (QED) is 0.750. The average molecular weight is 378 g/mol. The highest BCUT2D eigenvalue weighted by molar-refractivity contribution is 7.89. The molecule has 26 heavy (non-hydrogen) atoms. The summed E-state index contributed by atoms with van der Waals surface area (Å²) in [6, 6.07) is 8.07. The third kappa shape index (κ3) is 4.83. The third-order valence-electron chi connectivity index (χ3n) is 5.46. The lowest BCUT2D eigenvalue weighted by molar-refractivity contribution is 0.105. The van der Waals surface area contributed by atoms with Crippen LogP contribution in [-0.4, -0.2) is 52.2 Å². The summed E-state index contributed by atoms with van der Waals surface area (Å²) in [6.45, 7) is 3.49. The van der Waals surface area contributed by atoms with Crippen LogP contribution in [0.3, 0.4) is 0 Å². The van der Waals surface area contributed by atoms with Gasteiger partial charge in [-0.3, -0.25) is 0 Å². The highest BCUT2D eigenvalue weighted by atomic mass is 32.2. The van der Waals surface area contributed by atoms with Crippen molar-refractivity contribution in [2.24, 2.45) is 5.92 Å². The van der Waals surface area contributed by atoms with E-state index in [1.807, 2.05) is 6.07 Å². The van der Waals surface area contributed by atoms with E-state index in [0.29, 0.717) is 18.6 Å². The molecule has 6 nitrogen and oxygen atoms in total. The second-order valence-electron chi connectivity index (χ2n) is 7.51. The SMILES string of the molecule is COCCC1(NS(=O)(=O)c2ccc(C#N)cc2)CCN(CC2CC2)CC1. The summed E-state index contributed by atoms with van der Waals surface area (Å²) in [5, 5.41) is 8.89. The van der Waals surface area contributed by atoms with Crippen molar-refractivity contribution >= 4 is 10.0 Å². The van der Waals surface area contributed by atoms with E-state index in [1.165, 1.54) is 37.1 Å². The van der Waals surface area contributed by atoms with E-state index in [0.717, 1.165) is 38.4 Å². The number of nitrogens with one attached hydrogen (secondary N) is 1. The molecule has 0 amide bonds. The standard InChI is InChI=1S/C19H27N3O3S/c1-25-13-10-19(8-11-22(12-9-19)15-17-2-3-17)21-26(23,24)18-6-4-16(14-20)5-7-18/h4-7,17,21H,2-3,8-13,15H2,1H3. The molecular formula is C19H27N3O3S. The molecule has 2 fully saturated rings. The summed E-state index contributed by atoms with van der Waals surface area (Å²) in [5.41, 5.74) is -0.0191. The molecule has 1 saturated heterocycles. The molecule has 7 heteroatoms. The third-order valence-corrected chi connectivity index (χ3v) is 7.05. The molecule has 142 valence electrons. The maximum atomic E-state index is 12.9. The average Bonchev–Trinajstić information content (AvgIpc) is 3.46. The van der Waals surface area contributed by atoms with Crippen molar-refractivity contribution in [3.05, 3.63) is 29.8 Å². The predicted molar refractivity (Wildman–Crippen MR) is 99.1 cm³/mol. The summed E-state index contributed by atoms with van der Waals surface area (Å²) in [6.07, 6.45) is 4.90. The molecule has 0 aromatic heterocycles. The highest BCUT2D eigenvalue weighted by Gasteiger charge is 2.39. The zero-order valence-electron chi connectivity index (χ0n) is 15.3. The first-order valence-corrected chi connectivity index (χ1v) is 10.7. The molecular weight excluding hydrogens is 350 g/mol. The lowest BCUT2D eigenvalue weighted by Gasteiger charge is -2.42. The number of ether oxygens (including phenoxy) is 1. The van der Waals surface area contributed by atoms with Gasteiger partial charge in [-0.25, -0.2) is 13.1 Å². The Morgan fingerprint density at radius 2 is 1.92 bits per heavy atom. The van der Waals surface area contributed by atoms with E-state index in [9.17, 15) is 8.42 Å². The predicted octanol–water partition coefficient (Wildman–Crippen LogP) is 2.12. The van der Waals surface area contributed by atoms with Crippen LogP contribution < -0.4 is 4.72 Å². The molecule has 0 atom stereocenters. The maximum Gasteiger partial charge on any atom is 0.241 e. The Kier molecular flexibility index (Phi) is 5.98. The Hall–Kier alpha value is -1.46. The van der Waals surface area contributed by atoms with Gasteiger partial charge in [0, 0.05) is 25.8 Å². The minimum absolute atomic E-state index is 0.203. The van der Waals surface area contributed by atoms with Crippen molar-refractivity contribution in [3.63, 3.8) is 0 Å². The molecule has 1 aliphatic heterocycles. The molecule has 1 aromatic rings. The van der Waals surface area contributed by atoms with Crippen molar-refractivity contribution in [3.8, 4) is 6.07 Å². The molecule has 0 radical (unpaired) electrons. The van der Waals surface area contributed by atoms with E-state index in [1.54, 1.807) is 7.11 Å². The van der Waals surface area contributed by atoms with Crippen molar-refractivity contribution in [1.82, 2.24) is 9.62 Å². The maximum absolute atomic E-state index is 12.9. The van der Waals surface area contributed by atoms with Crippen molar-refractivity contribution in [1.29, 1.82) is 5.26 Å². The first-order chi connectivity index (χ1) is 12.5. The van der Waals surface area contributed by atoms with Crippen molar-refractivity contribution < 1.29 is 13.2 Å². The molecule has 1 heterocycles. The van der Waals surface area contributed by atoms with Crippen LogP contribution in [0.4, 0.5) is 0 Å². The van der Waals surface area contributed by atoms with Crippen molar-refractivity contribution in [2.75, 3.05) is 33.4 Å². The summed E-state index contributed by atoms with van der Waals surface area (Å²) in [5.74, 6) is 0.844. The van der Waals surface area contributed by atoms with Gasteiger partial charge < -0.3 is 9.64 Å².